The van der Waals surface area contributed by atoms with Gasteiger partial charge in [-0.2, -0.15) is 0 Å². The van der Waals surface area contributed by atoms with Gasteiger partial charge in [0.05, 0.1) is 0 Å². The minimum absolute atomic E-state index is 0.770. The van der Waals surface area contributed by atoms with Crippen molar-refractivity contribution in [3.05, 3.63) is 133 Å². The zero-order valence-corrected chi connectivity index (χ0v) is 20.0. The summed E-state index contributed by atoms with van der Waals surface area (Å²) in [6.45, 7) is 0. The number of rotatable bonds is 4. The van der Waals surface area contributed by atoms with E-state index in [4.69, 9.17) is 5.73 Å². The molecule has 6 aromatic rings. The van der Waals surface area contributed by atoms with Crippen LogP contribution in [0.1, 0.15) is 0 Å². The molecule has 3 heteroatoms. The van der Waals surface area contributed by atoms with Crippen molar-refractivity contribution < 1.29 is 4.57 Å². The smallest absolute Gasteiger partial charge is 0.171 e. The Morgan fingerprint density at radius 2 is 0.857 bits per heavy atom. The van der Waals surface area contributed by atoms with Gasteiger partial charge in [0.25, 0.3) is 0 Å². The van der Waals surface area contributed by atoms with E-state index in [1.54, 1.807) is 0 Å². The zero-order valence-electron chi connectivity index (χ0n) is 19.1. The van der Waals surface area contributed by atoms with Crippen molar-refractivity contribution in [2.45, 2.75) is 0 Å². The van der Waals surface area contributed by atoms with Gasteiger partial charge >= 0.3 is 0 Å². The van der Waals surface area contributed by atoms with E-state index in [-0.39, 0.29) is 0 Å². The van der Waals surface area contributed by atoms with Crippen LogP contribution in [0.25, 0.3) is 32.7 Å². The second-order valence-electron chi connectivity index (χ2n) is 8.68. The molecular formula is C32H24NOP. The molecule has 6 aromatic carbocycles. The fourth-order valence-electron chi connectivity index (χ4n) is 5.12. The lowest BCUT2D eigenvalue weighted by molar-refractivity contribution is 0.592. The number of hydrogen-bond donors (Lipinski definition) is 1. The van der Waals surface area contributed by atoms with E-state index in [2.05, 4.69) is 30.3 Å². The van der Waals surface area contributed by atoms with Gasteiger partial charge in [-0.05, 0) is 21.9 Å². The fraction of sp³-hybridized carbons (Fsp3) is 0. The van der Waals surface area contributed by atoms with E-state index in [9.17, 15) is 0 Å². The third-order valence-electron chi connectivity index (χ3n) is 6.73. The summed E-state index contributed by atoms with van der Waals surface area (Å²) in [6.07, 6.45) is 0. The third-order valence-corrected chi connectivity index (χ3v) is 9.84. The van der Waals surface area contributed by atoms with Crippen LogP contribution in [0.2, 0.25) is 0 Å². The maximum absolute atomic E-state index is 15.3. The second-order valence-corrected chi connectivity index (χ2v) is 11.4. The van der Waals surface area contributed by atoms with Gasteiger partial charge in [-0.25, -0.2) is 0 Å². The van der Waals surface area contributed by atoms with Gasteiger partial charge in [0.1, 0.15) is 0 Å². The molecule has 0 bridgehead atoms. The molecule has 0 radical (unpaired) electrons. The van der Waals surface area contributed by atoms with Crippen molar-refractivity contribution in [3.8, 4) is 11.1 Å². The van der Waals surface area contributed by atoms with Crippen molar-refractivity contribution in [1.82, 2.24) is 0 Å². The molecule has 2 N–H and O–H groups in total. The van der Waals surface area contributed by atoms with Crippen LogP contribution in [0.3, 0.4) is 0 Å². The molecule has 6 rings (SSSR count). The SMILES string of the molecule is Nc1c2ccccc2c(-c2ccccc2P(=O)(c2ccccc2)c2ccccc2)c2ccccc12. The lowest BCUT2D eigenvalue weighted by atomic mass is 9.91. The maximum atomic E-state index is 15.3. The van der Waals surface area contributed by atoms with E-state index in [1.165, 1.54) is 0 Å². The van der Waals surface area contributed by atoms with Gasteiger partial charge in [-0.1, -0.05) is 133 Å². The molecule has 0 aliphatic heterocycles. The van der Waals surface area contributed by atoms with E-state index in [0.717, 1.165) is 54.3 Å². The van der Waals surface area contributed by atoms with Gasteiger partial charge in [-0.15, -0.1) is 0 Å². The Morgan fingerprint density at radius 3 is 1.37 bits per heavy atom. The van der Waals surface area contributed by atoms with Crippen LogP contribution >= 0.6 is 7.14 Å². The Bertz CT molecular complexity index is 1630. The topological polar surface area (TPSA) is 43.1 Å². The Morgan fingerprint density at radius 1 is 0.457 bits per heavy atom. The molecule has 0 spiro atoms. The molecule has 0 amide bonds. The Hall–Kier alpha value is -4.13. The van der Waals surface area contributed by atoms with E-state index < -0.39 is 7.14 Å². The maximum Gasteiger partial charge on any atom is 0.171 e. The van der Waals surface area contributed by atoms with Crippen LogP contribution in [-0.4, -0.2) is 0 Å². The van der Waals surface area contributed by atoms with Crippen LogP contribution in [-0.2, 0) is 4.57 Å². The van der Waals surface area contributed by atoms with Gasteiger partial charge < -0.3 is 10.3 Å². The molecule has 0 heterocycles. The summed E-state index contributed by atoms with van der Waals surface area (Å²) in [6, 6.07) is 44.3. The normalized spacial score (nSPS) is 11.7. The molecule has 0 aliphatic rings. The Labute approximate surface area is 205 Å². The molecule has 0 aliphatic carbocycles. The van der Waals surface area contributed by atoms with Gasteiger partial charge in [0, 0.05) is 32.4 Å². The van der Waals surface area contributed by atoms with Crippen LogP contribution in [0.5, 0.6) is 0 Å². The standard InChI is InChI=1S/C32H24NOP/c33-32-27-19-9-7-17-25(27)31(26-18-8-10-20-28(26)32)29-21-11-12-22-30(29)35(34,23-13-3-1-4-14-23)24-15-5-2-6-16-24/h1-22H,33H2. The first-order chi connectivity index (χ1) is 17.2. The van der Waals surface area contributed by atoms with Gasteiger partial charge in [0.15, 0.2) is 7.14 Å². The highest BCUT2D eigenvalue weighted by atomic mass is 31.2. The highest BCUT2D eigenvalue weighted by molar-refractivity contribution is 7.85. The quantitative estimate of drug-likeness (QED) is 0.174. The first-order valence-corrected chi connectivity index (χ1v) is 13.4. The number of hydrogen-bond acceptors (Lipinski definition) is 2. The molecule has 0 atom stereocenters. The van der Waals surface area contributed by atoms with E-state index in [1.807, 2.05) is 103 Å². The monoisotopic (exact) mass is 469 g/mol. The van der Waals surface area contributed by atoms with Crippen LogP contribution in [0, 0.1) is 0 Å². The van der Waals surface area contributed by atoms with Gasteiger partial charge in [-0.3, -0.25) is 0 Å². The summed E-state index contributed by atoms with van der Waals surface area (Å²) in [5.74, 6) is 0. The average Bonchev–Trinajstić information content (AvgIpc) is 2.94. The molecular weight excluding hydrogens is 445 g/mol. The number of nitrogens with two attached hydrogens (primary N) is 1. The van der Waals surface area contributed by atoms with Gasteiger partial charge in [0.2, 0.25) is 0 Å². The predicted molar refractivity (Wildman–Crippen MR) is 151 cm³/mol. The summed E-state index contributed by atoms with van der Waals surface area (Å²) >= 11 is 0. The summed E-state index contributed by atoms with van der Waals surface area (Å²) < 4.78 is 15.3. The lowest BCUT2D eigenvalue weighted by Gasteiger charge is -2.24. The molecule has 0 unspecified atom stereocenters. The van der Waals surface area contributed by atoms with Crippen molar-refractivity contribution in [1.29, 1.82) is 0 Å². The minimum Gasteiger partial charge on any atom is -0.398 e. The molecule has 0 aromatic heterocycles. The fourth-order valence-corrected chi connectivity index (χ4v) is 7.98. The summed E-state index contributed by atoms with van der Waals surface area (Å²) in [7, 11) is -3.18. The third kappa shape index (κ3) is 3.38. The first kappa shape index (κ1) is 21.4. The molecule has 0 saturated carbocycles. The highest BCUT2D eigenvalue weighted by Gasteiger charge is 2.32. The Kier molecular flexibility index (Phi) is 5.25. The lowest BCUT2D eigenvalue weighted by Crippen LogP contribution is -2.26. The van der Waals surface area contributed by atoms with E-state index in [0.29, 0.717) is 0 Å². The molecule has 0 fully saturated rings. The van der Waals surface area contributed by atoms with Crippen molar-refractivity contribution in [2.24, 2.45) is 0 Å². The number of fused-ring (bicyclic) bond motifs is 2. The summed E-state index contributed by atoms with van der Waals surface area (Å²) in [5, 5.41) is 6.60. The molecule has 35 heavy (non-hydrogen) atoms. The van der Waals surface area contributed by atoms with Crippen molar-refractivity contribution in [3.63, 3.8) is 0 Å². The second kappa shape index (κ2) is 8.58. The van der Waals surface area contributed by atoms with E-state index >= 15 is 4.57 Å². The summed E-state index contributed by atoms with van der Waals surface area (Å²) in [5.41, 5.74) is 9.45. The largest absolute Gasteiger partial charge is 0.398 e. The Balaban J connectivity index is 1.77. The van der Waals surface area contributed by atoms with Crippen LogP contribution in [0.4, 0.5) is 5.69 Å². The highest BCUT2D eigenvalue weighted by Crippen LogP contribution is 2.48. The number of benzene rings is 6. The summed E-state index contributed by atoms with van der Waals surface area (Å²) in [4.78, 5) is 0. The molecule has 0 saturated heterocycles. The minimum atomic E-state index is -3.18. The predicted octanol–water partition coefficient (Wildman–Crippen LogP) is 6.88. The zero-order chi connectivity index (χ0) is 23.8. The first-order valence-electron chi connectivity index (χ1n) is 11.7. The van der Waals surface area contributed by atoms with Crippen molar-refractivity contribution >= 4 is 50.3 Å². The number of anilines is 1. The van der Waals surface area contributed by atoms with Crippen LogP contribution < -0.4 is 21.6 Å². The van der Waals surface area contributed by atoms with Crippen molar-refractivity contribution in [2.75, 3.05) is 5.73 Å². The molecule has 168 valence electrons. The van der Waals surface area contributed by atoms with Crippen LogP contribution in [0.15, 0.2) is 133 Å². The number of nitrogen functional groups attached to an aromatic ring is 1. The average molecular weight is 470 g/mol. The molecule has 2 nitrogen and oxygen atoms in total.